The average Bonchev–Trinajstić information content (AvgIpc) is 3.03. The first kappa shape index (κ1) is 21.8. The first-order chi connectivity index (χ1) is 12.2. The van der Waals surface area contributed by atoms with Crippen molar-refractivity contribution >= 4 is 22.4 Å². The number of nitrogens with zero attached hydrogens (tertiary/aromatic N) is 3. The lowest BCUT2D eigenvalue weighted by Gasteiger charge is -2.30. The highest BCUT2D eigenvalue weighted by Gasteiger charge is 2.26. The van der Waals surface area contributed by atoms with Crippen molar-refractivity contribution in [2.75, 3.05) is 26.7 Å². The van der Waals surface area contributed by atoms with Crippen LogP contribution in [-0.2, 0) is 10.0 Å². The van der Waals surface area contributed by atoms with E-state index in [4.69, 9.17) is 4.52 Å². The summed E-state index contributed by atoms with van der Waals surface area (Å²) in [6.07, 6.45) is 0. The molecule has 0 spiro atoms. The number of benzene rings is 1. The van der Waals surface area contributed by atoms with Crippen molar-refractivity contribution in [1.82, 2.24) is 25.1 Å². The molecule has 2 N–H and O–H groups in total. The van der Waals surface area contributed by atoms with E-state index in [1.807, 2.05) is 7.05 Å². The van der Waals surface area contributed by atoms with Crippen molar-refractivity contribution in [3.8, 4) is 11.5 Å². The summed E-state index contributed by atoms with van der Waals surface area (Å²) in [7, 11) is -1.54. The Morgan fingerprint density at radius 1 is 1.26 bits per heavy atom. The van der Waals surface area contributed by atoms with Gasteiger partial charge in [0.15, 0.2) is 5.82 Å². The standard InChI is InChI=1S/C17H25N5O3S.ClH/c1-17(2,3)21-26(23,24)13-7-5-12(6-8-13)16-19-15(20-25-16)14-11-18-9-10-22(14)4;/h5-8,14,18,21H,9-11H2,1-4H3;1H. The molecule has 0 aliphatic carbocycles. The van der Waals surface area contributed by atoms with Gasteiger partial charge in [0, 0.05) is 30.7 Å². The highest BCUT2D eigenvalue weighted by molar-refractivity contribution is 7.89. The molecule has 1 saturated heterocycles. The zero-order chi connectivity index (χ0) is 18.9. The van der Waals surface area contributed by atoms with Crippen molar-refractivity contribution in [1.29, 1.82) is 0 Å². The van der Waals surface area contributed by atoms with Crippen LogP contribution in [-0.4, -0.2) is 55.7 Å². The van der Waals surface area contributed by atoms with Gasteiger partial charge in [-0.2, -0.15) is 4.98 Å². The highest BCUT2D eigenvalue weighted by Crippen LogP contribution is 2.24. The number of sulfonamides is 1. The van der Waals surface area contributed by atoms with Crippen molar-refractivity contribution < 1.29 is 12.9 Å². The quantitative estimate of drug-likeness (QED) is 0.785. The van der Waals surface area contributed by atoms with Crippen molar-refractivity contribution in [2.45, 2.75) is 37.2 Å². The lowest BCUT2D eigenvalue weighted by Crippen LogP contribution is -2.44. The van der Waals surface area contributed by atoms with E-state index in [2.05, 4.69) is 25.1 Å². The van der Waals surface area contributed by atoms with E-state index in [0.29, 0.717) is 17.3 Å². The molecule has 10 heteroatoms. The number of piperazine rings is 1. The molecular weight excluding hydrogens is 390 g/mol. The predicted molar refractivity (Wildman–Crippen MR) is 105 cm³/mol. The molecule has 1 aliphatic rings. The number of likely N-dealkylation sites (N-methyl/N-ethyl adjacent to an activating group) is 1. The number of hydrogen-bond acceptors (Lipinski definition) is 7. The summed E-state index contributed by atoms with van der Waals surface area (Å²) in [5.74, 6) is 1.01. The van der Waals surface area contributed by atoms with Crippen LogP contribution in [0.15, 0.2) is 33.7 Å². The normalized spacial score (nSPS) is 18.9. The Hall–Kier alpha value is -1.52. The van der Waals surface area contributed by atoms with Gasteiger partial charge < -0.3 is 9.84 Å². The van der Waals surface area contributed by atoms with Gasteiger partial charge in [-0.15, -0.1) is 12.4 Å². The molecule has 8 nitrogen and oxygen atoms in total. The van der Waals surface area contributed by atoms with Crippen LogP contribution in [0.2, 0.25) is 0 Å². The molecule has 2 aromatic rings. The molecule has 0 amide bonds. The third-order valence-electron chi connectivity index (χ3n) is 4.10. The molecule has 0 saturated carbocycles. The molecule has 1 atom stereocenters. The summed E-state index contributed by atoms with van der Waals surface area (Å²) < 4.78 is 32.7. The summed E-state index contributed by atoms with van der Waals surface area (Å²) in [4.78, 5) is 6.86. The Balaban J connectivity index is 0.00000261. The fourth-order valence-electron chi connectivity index (χ4n) is 2.82. The summed E-state index contributed by atoms with van der Waals surface area (Å²) in [6.45, 7) is 8.03. The van der Waals surface area contributed by atoms with E-state index in [9.17, 15) is 8.42 Å². The van der Waals surface area contributed by atoms with Gasteiger partial charge >= 0.3 is 0 Å². The zero-order valence-electron chi connectivity index (χ0n) is 15.9. The summed E-state index contributed by atoms with van der Waals surface area (Å²) in [6, 6.07) is 6.51. The minimum atomic E-state index is -3.57. The first-order valence-electron chi connectivity index (χ1n) is 8.55. The third kappa shape index (κ3) is 5.26. The second-order valence-corrected chi connectivity index (χ2v) is 9.22. The largest absolute Gasteiger partial charge is 0.334 e. The Morgan fingerprint density at radius 2 is 1.93 bits per heavy atom. The topological polar surface area (TPSA) is 100 Å². The van der Waals surface area contributed by atoms with Crippen molar-refractivity contribution in [3.05, 3.63) is 30.1 Å². The third-order valence-corrected chi connectivity index (χ3v) is 5.88. The maximum absolute atomic E-state index is 12.4. The molecule has 0 radical (unpaired) electrons. The Bertz CT molecular complexity index is 861. The van der Waals surface area contributed by atoms with E-state index >= 15 is 0 Å². The predicted octanol–water partition coefficient (Wildman–Crippen LogP) is 1.81. The Labute approximate surface area is 166 Å². The summed E-state index contributed by atoms with van der Waals surface area (Å²) in [5, 5.41) is 7.41. The monoisotopic (exact) mass is 415 g/mol. The summed E-state index contributed by atoms with van der Waals surface area (Å²) in [5.41, 5.74) is 0.142. The average molecular weight is 416 g/mol. The van der Waals surface area contributed by atoms with Gasteiger partial charge in [-0.3, -0.25) is 4.90 Å². The number of rotatable bonds is 4. The maximum atomic E-state index is 12.4. The van der Waals surface area contributed by atoms with E-state index in [1.54, 1.807) is 45.0 Å². The van der Waals surface area contributed by atoms with Crippen molar-refractivity contribution in [2.24, 2.45) is 0 Å². The van der Waals surface area contributed by atoms with Crippen LogP contribution >= 0.6 is 12.4 Å². The molecular formula is C17H26ClN5O3S. The van der Waals surface area contributed by atoms with Gasteiger partial charge in [0.1, 0.15) is 0 Å². The lowest BCUT2D eigenvalue weighted by atomic mass is 10.1. The van der Waals surface area contributed by atoms with Crippen LogP contribution in [0.1, 0.15) is 32.6 Å². The van der Waals surface area contributed by atoms with Crippen LogP contribution < -0.4 is 10.0 Å². The molecule has 1 aromatic carbocycles. The van der Waals surface area contributed by atoms with Crippen LogP contribution in [0.3, 0.4) is 0 Å². The number of hydrogen-bond donors (Lipinski definition) is 2. The molecule has 2 heterocycles. The van der Waals surface area contributed by atoms with Crippen LogP contribution in [0.4, 0.5) is 0 Å². The molecule has 1 aromatic heterocycles. The SMILES string of the molecule is CN1CCNCC1c1noc(-c2ccc(S(=O)(=O)NC(C)(C)C)cc2)n1.Cl. The lowest BCUT2D eigenvalue weighted by molar-refractivity contribution is 0.190. The minimum absolute atomic E-state index is 0. The van der Waals surface area contributed by atoms with E-state index in [1.165, 1.54) is 0 Å². The van der Waals surface area contributed by atoms with Crippen LogP contribution in [0, 0.1) is 0 Å². The first-order valence-corrected chi connectivity index (χ1v) is 10.0. The second kappa shape index (κ2) is 8.24. The number of aromatic nitrogens is 2. The molecule has 150 valence electrons. The van der Waals surface area contributed by atoms with Gasteiger partial charge in [0.2, 0.25) is 10.0 Å². The number of nitrogens with one attached hydrogen (secondary N) is 2. The zero-order valence-corrected chi connectivity index (χ0v) is 17.5. The Kier molecular flexibility index (Phi) is 6.64. The van der Waals surface area contributed by atoms with E-state index in [-0.39, 0.29) is 23.3 Å². The molecule has 27 heavy (non-hydrogen) atoms. The highest BCUT2D eigenvalue weighted by atomic mass is 35.5. The summed E-state index contributed by atoms with van der Waals surface area (Å²) >= 11 is 0. The van der Waals surface area contributed by atoms with Gasteiger partial charge in [-0.05, 0) is 52.1 Å². The fourth-order valence-corrected chi connectivity index (χ4v) is 4.24. The molecule has 1 fully saturated rings. The Morgan fingerprint density at radius 3 is 2.52 bits per heavy atom. The maximum Gasteiger partial charge on any atom is 0.257 e. The van der Waals surface area contributed by atoms with Gasteiger partial charge in [-0.1, -0.05) is 5.16 Å². The minimum Gasteiger partial charge on any atom is -0.334 e. The van der Waals surface area contributed by atoms with Crippen LogP contribution in [0.5, 0.6) is 0 Å². The smallest absolute Gasteiger partial charge is 0.257 e. The van der Waals surface area contributed by atoms with Gasteiger partial charge in [0.25, 0.3) is 5.89 Å². The van der Waals surface area contributed by atoms with Gasteiger partial charge in [0.05, 0.1) is 10.9 Å². The molecule has 1 aliphatic heterocycles. The van der Waals surface area contributed by atoms with E-state index in [0.717, 1.165) is 19.6 Å². The molecule has 3 rings (SSSR count). The second-order valence-electron chi connectivity index (χ2n) is 7.54. The molecule has 0 bridgehead atoms. The van der Waals surface area contributed by atoms with Gasteiger partial charge in [-0.25, -0.2) is 13.1 Å². The van der Waals surface area contributed by atoms with E-state index < -0.39 is 15.6 Å². The van der Waals surface area contributed by atoms with Crippen LogP contribution in [0.25, 0.3) is 11.5 Å². The number of halogens is 1. The van der Waals surface area contributed by atoms with Crippen molar-refractivity contribution in [3.63, 3.8) is 0 Å². The molecule has 1 unspecified atom stereocenters. The fraction of sp³-hybridized carbons (Fsp3) is 0.529.